The molecule has 0 saturated heterocycles. The van der Waals surface area contributed by atoms with E-state index in [0.717, 1.165) is 12.1 Å². The number of rotatable bonds is 0. The van der Waals surface area contributed by atoms with Crippen LogP contribution in [0, 0.1) is 11.6 Å². The lowest BCUT2D eigenvalue weighted by Crippen LogP contribution is -2.19. The van der Waals surface area contributed by atoms with Crippen LogP contribution in [0.5, 0.6) is 0 Å². The monoisotopic (exact) mass is 184 g/mol. The Morgan fingerprint density at radius 3 is 2.77 bits per heavy atom. The average molecular weight is 184 g/mol. The average Bonchev–Trinajstić information content (AvgIpc) is 2.07. The van der Waals surface area contributed by atoms with Crippen LogP contribution in [0.1, 0.15) is 15.9 Å². The molecule has 2 rings (SSSR count). The summed E-state index contributed by atoms with van der Waals surface area (Å²) in [6, 6.07) is 1.80. The van der Waals surface area contributed by atoms with Gasteiger partial charge in [-0.25, -0.2) is 8.78 Å². The second kappa shape index (κ2) is 2.88. The van der Waals surface area contributed by atoms with E-state index < -0.39 is 11.6 Å². The van der Waals surface area contributed by atoms with Gasteiger partial charge in [0, 0.05) is 17.2 Å². The van der Waals surface area contributed by atoms with Gasteiger partial charge in [-0.05, 0) is 6.07 Å². The maximum absolute atomic E-state index is 13.0. The molecule has 1 heterocycles. The van der Waals surface area contributed by atoms with Crippen molar-refractivity contribution < 1.29 is 18.3 Å². The van der Waals surface area contributed by atoms with Crippen molar-refractivity contribution in [3.8, 4) is 0 Å². The highest BCUT2D eigenvalue weighted by Crippen LogP contribution is 2.21. The third-order valence-electron chi connectivity index (χ3n) is 1.94. The summed E-state index contributed by atoms with van der Waals surface area (Å²) in [6.07, 6.45) is 0. The normalized spacial score (nSPS) is 15.7. The molecule has 2 nitrogen and oxygen atoms in total. The number of ether oxygens (including phenoxy) is 1. The first-order valence-corrected chi connectivity index (χ1v) is 3.77. The molecule has 0 fully saturated rings. The van der Waals surface area contributed by atoms with E-state index in [1.807, 2.05) is 0 Å². The van der Waals surface area contributed by atoms with Gasteiger partial charge in [-0.15, -0.1) is 0 Å². The van der Waals surface area contributed by atoms with Gasteiger partial charge in [0.1, 0.15) is 18.2 Å². The summed E-state index contributed by atoms with van der Waals surface area (Å²) in [6.45, 7) is -0.0664. The van der Waals surface area contributed by atoms with Gasteiger partial charge >= 0.3 is 0 Å². The number of carbonyl (C=O) groups excluding carboxylic acids is 1. The fourth-order valence-electron chi connectivity index (χ4n) is 1.32. The van der Waals surface area contributed by atoms with E-state index in [9.17, 15) is 13.6 Å². The molecule has 0 N–H and O–H groups in total. The van der Waals surface area contributed by atoms with Crippen LogP contribution in [0.4, 0.5) is 8.78 Å². The third-order valence-corrected chi connectivity index (χ3v) is 1.94. The Labute approximate surface area is 73.1 Å². The second-order valence-electron chi connectivity index (χ2n) is 2.83. The zero-order valence-electron chi connectivity index (χ0n) is 6.64. The summed E-state index contributed by atoms with van der Waals surface area (Å²) in [5.41, 5.74) is 0.251. The highest BCUT2D eigenvalue weighted by atomic mass is 19.1. The minimum Gasteiger partial charge on any atom is -0.368 e. The Kier molecular flexibility index (Phi) is 1.84. The molecule has 0 spiro atoms. The summed E-state index contributed by atoms with van der Waals surface area (Å²) in [5.74, 6) is -1.82. The minimum atomic E-state index is -0.730. The van der Waals surface area contributed by atoms with Crippen molar-refractivity contribution in [1.82, 2.24) is 0 Å². The number of Topliss-reactive ketones (excluding diaryl/α,β-unsaturated/α-hetero) is 1. The number of benzene rings is 1. The lowest BCUT2D eigenvalue weighted by molar-refractivity contribution is 0.0655. The van der Waals surface area contributed by atoms with Crippen LogP contribution in [0.15, 0.2) is 12.1 Å². The Bertz CT molecular complexity index is 374. The summed E-state index contributed by atoms with van der Waals surface area (Å²) in [5, 5.41) is 0. The summed E-state index contributed by atoms with van der Waals surface area (Å²) in [4.78, 5) is 11.1. The zero-order valence-corrected chi connectivity index (χ0v) is 6.64. The Morgan fingerprint density at radius 2 is 2.00 bits per heavy atom. The minimum absolute atomic E-state index is 0.0349. The van der Waals surface area contributed by atoms with Crippen molar-refractivity contribution in [1.29, 1.82) is 0 Å². The zero-order chi connectivity index (χ0) is 9.42. The molecular weight excluding hydrogens is 178 g/mol. The van der Waals surface area contributed by atoms with E-state index in [1.54, 1.807) is 0 Å². The van der Waals surface area contributed by atoms with E-state index in [2.05, 4.69) is 0 Å². The van der Waals surface area contributed by atoms with Crippen molar-refractivity contribution in [2.24, 2.45) is 0 Å². The first kappa shape index (κ1) is 8.31. The van der Waals surface area contributed by atoms with Gasteiger partial charge in [-0.2, -0.15) is 0 Å². The SMILES string of the molecule is O=C1COCc2c(F)cc(F)cc21. The van der Waals surface area contributed by atoms with Crippen molar-refractivity contribution in [2.45, 2.75) is 6.61 Å². The first-order chi connectivity index (χ1) is 6.18. The highest BCUT2D eigenvalue weighted by Gasteiger charge is 2.21. The van der Waals surface area contributed by atoms with Gasteiger partial charge in [0.25, 0.3) is 0 Å². The van der Waals surface area contributed by atoms with Gasteiger partial charge in [0.2, 0.25) is 0 Å². The van der Waals surface area contributed by atoms with Crippen LogP contribution >= 0.6 is 0 Å². The van der Waals surface area contributed by atoms with Crippen molar-refractivity contribution >= 4 is 5.78 Å². The van der Waals surface area contributed by atoms with E-state index >= 15 is 0 Å². The number of halogens is 2. The topological polar surface area (TPSA) is 26.3 Å². The van der Waals surface area contributed by atoms with Crippen LogP contribution in [-0.4, -0.2) is 12.4 Å². The number of carbonyl (C=O) groups is 1. The lowest BCUT2D eigenvalue weighted by atomic mass is 10.0. The van der Waals surface area contributed by atoms with Gasteiger partial charge in [-0.1, -0.05) is 0 Å². The van der Waals surface area contributed by atoms with E-state index in [-0.39, 0.29) is 30.1 Å². The standard InChI is InChI=1S/C9H6F2O2/c10-5-1-6-7(8(11)2-5)3-13-4-9(6)12/h1-2H,3-4H2. The Hall–Kier alpha value is -1.29. The number of hydrogen-bond acceptors (Lipinski definition) is 2. The fraction of sp³-hybridized carbons (Fsp3) is 0.222. The van der Waals surface area contributed by atoms with E-state index in [4.69, 9.17) is 4.74 Å². The quantitative estimate of drug-likeness (QED) is 0.613. The predicted octanol–water partition coefficient (Wildman–Crippen LogP) is 1.68. The molecule has 1 aromatic carbocycles. The molecule has 0 aromatic heterocycles. The summed E-state index contributed by atoms with van der Waals surface area (Å²) in [7, 11) is 0. The van der Waals surface area contributed by atoms with Gasteiger partial charge in [0.05, 0.1) is 6.61 Å². The molecule has 1 aliphatic rings. The molecule has 0 saturated carbocycles. The molecule has 0 bridgehead atoms. The van der Waals surface area contributed by atoms with Crippen molar-refractivity contribution in [2.75, 3.05) is 6.61 Å². The van der Waals surface area contributed by atoms with E-state index in [0.29, 0.717) is 0 Å². The Balaban J connectivity index is 2.63. The molecule has 4 heteroatoms. The van der Waals surface area contributed by atoms with Crippen molar-refractivity contribution in [3.05, 3.63) is 34.9 Å². The fourth-order valence-corrected chi connectivity index (χ4v) is 1.32. The number of hydrogen-bond donors (Lipinski definition) is 0. The van der Waals surface area contributed by atoms with Gasteiger partial charge < -0.3 is 4.74 Å². The maximum atomic E-state index is 13.0. The molecule has 1 aliphatic heterocycles. The van der Waals surface area contributed by atoms with Gasteiger partial charge in [-0.3, -0.25) is 4.79 Å². The highest BCUT2D eigenvalue weighted by molar-refractivity contribution is 5.99. The summed E-state index contributed by atoms with van der Waals surface area (Å²) < 4.78 is 30.5. The lowest BCUT2D eigenvalue weighted by Gasteiger charge is -2.15. The molecule has 0 atom stereocenters. The molecule has 1 aromatic rings. The molecule has 0 radical (unpaired) electrons. The number of ketones is 1. The molecular formula is C9H6F2O2. The van der Waals surface area contributed by atoms with Crippen LogP contribution in [0.3, 0.4) is 0 Å². The van der Waals surface area contributed by atoms with Crippen LogP contribution in [0.25, 0.3) is 0 Å². The summed E-state index contributed by atoms with van der Waals surface area (Å²) >= 11 is 0. The molecule has 13 heavy (non-hydrogen) atoms. The predicted molar refractivity (Wildman–Crippen MR) is 40.3 cm³/mol. The van der Waals surface area contributed by atoms with Gasteiger partial charge in [0.15, 0.2) is 5.78 Å². The molecule has 0 unspecified atom stereocenters. The third kappa shape index (κ3) is 1.33. The van der Waals surface area contributed by atoms with Crippen LogP contribution < -0.4 is 0 Å². The molecule has 0 aliphatic carbocycles. The maximum Gasteiger partial charge on any atom is 0.189 e. The largest absolute Gasteiger partial charge is 0.368 e. The first-order valence-electron chi connectivity index (χ1n) is 3.77. The second-order valence-corrected chi connectivity index (χ2v) is 2.83. The molecule has 68 valence electrons. The van der Waals surface area contributed by atoms with Crippen LogP contribution in [-0.2, 0) is 11.3 Å². The smallest absolute Gasteiger partial charge is 0.189 e. The van der Waals surface area contributed by atoms with Crippen LogP contribution in [0.2, 0.25) is 0 Å². The molecule has 0 amide bonds. The van der Waals surface area contributed by atoms with E-state index in [1.165, 1.54) is 0 Å². The van der Waals surface area contributed by atoms with Crippen molar-refractivity contribution in [3.63, 3.8) is 0 Å². The number of fused-ring (bicyclic) bond motifs is 1. The Morgan fingerprint density at radius 1 is 1.23 bits per heavy atom.